The summed E-state index contributed by atoms with van der Waals surface area (Å²) in [5.41, 5.74) is 0. The van der Waals surface area contributed by atoms with Crippen molar-refractivity contribution in [2.24, 2.45) is 0 Å². The predicted molar refractivity (Wildman–Crippen MR) is 64.1 cm³/mol. The van der Waals surface area contributed by atoms with Crippen LogP contribution in [0.2, 0.25) is 0 Å². The molecular formula is C12H20O7. The normalized spacial score (nSPS) is 13.6. The van der Waals surface area contributed by atoms with E-state index in [4.69, 9.17) is 15.3 Å². The van der Waals surface area contributed by atoms with E-state index < -0.39 is 30.1 Å². The molecule has 0 aliphatic heterocycles. The van der Waals surface area contributed by atoms with Crippen LogP contribution in [0.15, 0.2) is 0 Å². The maximum Gasteiger partial charge on any atom is 0.346 e. The van der Waals surface area contributed by atoms with E-state index in [1.165, 1.54) is 0 Å². The van der Waals surface area contributed by atoms with Gasteiger partial charge in [0.1, 0.15) is 0 Å². The van der Waals surface area contributed by atoms with Crippen molar-refractivity contribution in [1.82, 2.24) is 0 Å². The van der Waals surface area contributed by atoms with Crippen LogP contribution in [0.4, 0.5) is 0 Å². The van der Waals surface area contributed by atoms with Crippen LogP contribution in [0, 0.1) is 0 Å². The first-order chi connectivity index (χ1) is 8.90. The minimum absolute atomic E-state index is 0.0192. The average molecular weight is 276 g/mol. The minimum atomic E-state index is -2.30. The van der Waals surface area contributed by atoms with E-state index in [2.05, 4.69) is 11.7 Å². The number of esters is 2. The second kappa shape index (κ2) is 9.46. The highest BCUT2D eigenvalue weighted by molar-refractivity contribution is 5.91. The average Bonchev–Trinajstić information content (AvgIpc) is 2.36. The van der Waals surface area contributed by atoms with E-state index in [9.17, 15) is 14.4 Å². The number of aliphatic hydroxyl groups excluding tert-OH is 2. The predicted octanol–water partition coefficient (Wildman–Crippen LogP) is 0.223. The lowest BCUT2D eigenvalue weighted by Gasteiger charge is -2.11. The molecule has 0 aliphatic carbocycles. The zero-order valence-corrected chi connectivity index (χ0v) is 10.9. The van der Waals surface area contributed by atoms with Crippen molar-refractivity contribution in [3.8, 4) is 0 Å². The molecule has 0 heterocycles. The summed E-state index contributed by atoms with van der Waals surface area (Å²) in [6.45, 7) is 2.06. The van der Waals surface area contributed by atoms with E-state index in [-0.39, 0.29) is 6.42 Å². The lowest BCUT2D eigenvalue weighted by Crippen LogP contribution is -2.41. The SMILES string of the molecule is CCCCCCCC(=O)OC(=O)C(O)C(O)C(=O)O. The van der Waals surface area contributed by atoms with Gasteiger partial charge in [-0.05, 0) is 6.42 Å². The molecule has 0 bridgehead atoms. The Kier molecular flexibility index (Phi) is 8.73. The molecule has 0 aromatic rings. The van der Waals surface area contributed by atoms with Crippen molar-refractivity contribution in [2.45, 2.75) is 57.7 Å². The lowest BCUT2D eigenvalue weighted by molar-refractivity contribution is -0.175. The third-order valence-electron chi connectivity index (χ3n) is 2.49. The summed E-state index contributed by atoms with van der Waals surface area (Å²) in [7, 11) is 0. The van der Waals surface area contributed by atoms with Gasteiger partial charge in [-0.1, -0.05) is 32.6 Å². The Hall–Kier alpha value is -1.47. The van der Waals surface area contributed by atoms with Gasteiger partial charge >= 0.3 is 17.9 Å². The topological polar surface area (TPSA) is 121 Å². The second-order valence-electron chi connectivity index (χ2n) is 4.19. The molecule has 2 atom stereocenters. The van der Waals surface area contributed by atoms with Crippen molar-refractivity contribution in [2.75, 3.05) is 0 Å². The molecule has 0 saturated heterocycles. The molecule has 0 radical (unpaired) electrons. The van der Waals surface area contributed by atoms with Crippen molar-refractivity contribution < 1.29 is 34.4 Å². The summed E-state index contributed by atoms with van der Waals surface area (Å²) in [6.07, 6.45) is -0.0315. The van der Waals surface area contributed by atoms with E-state index in [0.29, 0.717) is 6.42 Å². The highest BCUT2D eigenvalue weighted by Gasteiger charge is 2.32. The Labute approximate surface area is 111 Å². The molecule has 7 heteroatoms. The zero-order chi connectivity index (χ0) is 14.8. The summed E-state index contributed by atoms with van der Waals surface area (Å²) < 4.78 is 4.24. The third-order valence-corrected chi connectivity index (χ3v) is 2.49. The molecule has 0 amide bonds. The number of carbonyl (C=O) groups excluding carboxylic acids is 2. The van der Waals surface area contributed by atoms with Gasteiger partial charge < -0.3 is 20.1 Å². The number of carboxylic acid groups (broad SMARTS) is 1. The van der Waals surface area contributed by atoms with Gasteiger partial charge in [0.25, 0.3) is 0 Å². The third kappa shape index (κ3) is 7.53. The summed E-state index contributed by atoms with van der Waals surface area (Å²) in [6, 6.07) is 0. The maximum atomic E-state index is 11.2. The Morgan fingerprint density at radius 1 is 1.00 bits per heavy atom. The monoisotopic (exact) mass is 276 g/mol. The molecule has 0 saturated carbocycles. The second-order valence-corrected chi connectivity index (χ2v) is 4.19. The van der Waals surface area contributed by atoms with Crippen LogP contribution in [0.1, 0.15) is 45.4 Å². The van der Waals surface area contributed by atoms with Gasteiger partial charge in [-0.15, -0.1) is 0 Å². The van der Waals surface area contributed by atoms with Crippen LogP contribution in [0.25, 0.3) is 0 Å². The summed E-state index contributed by atoms with van der Waals surface area (Å²) >= 11 is 0. The first-order valence-corrected chi connectivity index (χ1v) is 6.23. The number of carboxylic acids is 1. The van der Waals surface area contributed by atoms with E-state index in [1.807, 2.05) is 0 Å². The van der Waals surface area contributed by atoms with Crippen LogP contribution < -0.4 is 0 Å². The molecule has 0 fully saturated rings. The van der Waals surface area contributed by atoms with E-state index in [0.717, 1.165) is 25.7 Å². The highest BCUT2D eigenvalue weighted by Crippen LogP contribution is 2.06. The Morgan fingerprint density at radius 2 is 1.58 bits per heavy atom. The fourth-order valence-corrected chi connectivity index (χ4v) is 1.36. The molecule has 0 aliphatic rings. The number of hydrogen-bond donors (Lipinski definition) is 3. The highest BCUT2D eigenvalue weighted by atomic mass is 16.6. The number of hydrogen-bond acceptors (Lipinski definition) is 6. The first-order valence-electron chi connectivity index (χ1n) is 6.23. The maximum absolute atomic E-state index is 11.2. The Balaban J connectivity index is 3.92. The van der Waals surface area contributed by atoms with Gasteiger partial charge in [0, 0.05) is 6.42 Å². The fraction of sp³-hybridized carbons (Fsp3) is 0.750. The molecule has 0 rings (SSSR count). The summed E-state index contributed by atoms with van der Waals surface area (Å²) in [5, 5.41) is 26.3. The van der Waals surface area contributed by atoms with Crippen molar-refractivity contribution in [3.05, 3.63) is 0 Å². The molecule has 7 nitrogen and oxygen atoms in total. The van der Waals surface area contributed by atoms with Crippen LogP contribution >= 0.6 is 0 Å². The molecular weight excluding hydrogens is 256 g/mol. The van der Waals surface area contributed by atoms with Gasteiger partial charge in [0.15, 0.2) is 12.2 Å². The molecule has 0 aromatic carbocycles. The molecule has 0 aromatic heterocycles. The molecule has 2 unspecified atom stereocenters. The summed E-state index contributed by atoms with van der Waals surface area (Å²) in [5.74, 6) is -4.05. The van der Waals surface area contributed by atoms with Gasteiger partial charge in [-0.25, -0.2) is 9.59 Å². The lowest BCUT2D eigenvalue weighted by atomic mass is 10.1. The molecule has 0 spiro atoms. The number of ether oxygens (including phenoxy) is 1. The number of rotatable bonds is 9. The van der Waals surface area contributed by atoms with E-state index >= 15 is 0 Å². The number of aliphatic carboxylic acids is 1. The molecule has 110 valence electrons. The molecule has 3 N–H and O–H groups in total. The van der Waals surface area contributed by atoms with Crippen LogP contribution in [-0.4, -0.2) is 45.4 Å². The van der Waals surface area contributed by atoms with Crippen LogP contribution in [-0.2, 0) is 19.1 Å². The zero-order valence-electron chi connectivity index (χ0n) is 10.9. The van der Waals surface area contributed by atoms with Crippen LogP contribution in [0.5, 0.6) is 0 Å². The number of aliphatic hydroxyl groups is 2. The van der Waals surface area contributed by atoms with Gasteiger partial charge in [0.2, 0.25) is 0 Å². The smallest absolute Gasteiger partial charge is 0.346 e. The van der Waals surface area contributed by atoms with Gasteiger partial charge in [-0.2, -0.15) is 0 Å². The minimum Gasteiger partial charge on any atom is -0.479 e. The van der Waals surface area contributed by atoms with Gasteiger partial charge in [-0.3, -0.25) is 4.79 Å². The van der Waals surface area contributed by atoms with Crippen LogP contribution in [0.3, 0.4) is 0 Å². The Morgan fingerprint density at radius 3 is 2.11 bits per heavy atom. The fourth-order valence-electron chi connectivity index (χ4n) is 1.36. The van der Waals surface area contributed by atoms with Crippen molar-refractivity contribution >= 4 is 17.9 Å². The summed E-state index contributed by atoms with van der Waals surface area (Å²) in [4.78, 5) is 32.6. The molecule has 19 heavy (non-hydrogen) atoms. The standard InChI is InChI=1S/C12H20O7/c1-2-3-4-5-6-7-8(13)19-12(18)10(15)9(14)11(16)17/h9-10,14-15H,2-7H2,1H3,(H,16,17). The Bertz CT molecular complexity index is 313. The van der Waals surface area contributed by atoms with E-state index in [1.54, 1.807) is 0 Å². The first kappa shape index (κ1) is 17.5. The number of unbranched alkanes of at least 4 members (excludes halogenated alkanes) is 4. The van der Waals surface area contributed by atoms with Crippen molar-refractivity contribution in [1.29, 1.82) is 0 Å². The largest absolute Gasteiger partial charge is 0.479 e. The van der Waals surface area contributed by atoms with Crippen molar-refractivity contribution in [3.63, 3.8) is 0 Å². The van der Waals surface area contributed by atoms with Gasteiger partial charge in [0.05, 0.1) is 0 Å². The number of carbonyl (C=O) groups is 3. The quantitative estimate of drug-likeness (QED) is 0.313.